The average Bonchev–Trinajstić information content (AvgIpc) is 2.90. The third kappa shape index (κ3) is 4.05. The van der Waals surface area contributed by atoms with Crippen molar-refractivity contribution in [2.75, 3.05) is 18.1 Å². The number of carbonyl (C=O) groups is 2. The third-order valence-electron chi connectivity index (χ3n) is 3.79. The molecule has 1 amide bonds. The number of nitrogens with one attached hydrogen (secondary N) is 1. The summed E-state index contributed by atoms with van der Waals surface area (Å²) in [6.45, 7) is -0.609. The predicted octanol–water partition coefficient (Wildman–Crippen LogP) is 0.253. The number of rotatable bonds is 4. The maximum atomic E-state index is 12.0. The number of esters is 1. The van der Waals surface area contributed by atoms with Crippen molar-refractivity contribution in [3.63, 3.8) is 0 Å². The van der Waals surface area contributed by atoms with Crippen LogP contribution in [0.4, 0.5) is 0 Å². The lowest BCUT2D eigenvalue weighted by Crippen LogP contribution is -2.38. The summed E-state index contributed by atoms with van der Waals surface area (Å²) in [4.78, 5) is 35.6. The van der Waals surface area contributed by atoms with Gasteiger partial charge >= 0.3 is 11.6 Å². The Morgan fingerprint density at radius 2 is 2.04 bits per heavy atom. The maximum Gasteiger partial charge on any atom is 0.351 e. The van der Waals surface area contributed by atoms with E-state index in [0.717, 1.165) is 0 Å². The Morgan fingerprint density at radius 1 is 1.28 bits per heavy atom. The van der Waals surface area contributed by atoms with Crippen molar-refractivity contribution in [2.45, 2.75) is 12.5 Å². The zero-order valence-corrected chi connectivity index (χ0v) is 13.9. The molecule has 8 nitrogen and oxygen atoms in total. The molecule has 9 heteroatoms. The summed E-state index contributed by atoms with van der Waals surface area (Å²) in [5.74, 6) is -1.70. The number of sulfone groups is 1. The zero-order valence-electron chi connectivity index (χ0n) is 13.1. The van der Waals surface area contributed by atoms with E-state index in [0.29, 0.717) is 17.4 Å². The van der Waals surface area contributed by atoms with E-state index >= 15 is 0 Å². The van der Waals surface area contributed by atoms with Crippen LogP contribution in [0, 0.1) is 0 Å². The Kier molecular flexibility index (Phi) is 4.58. The van der Waals surface area contributed by atoms with Crippen LogP contribution in [0.3, 0.4) is 0 Å². The number of ether oxygens (including phenoxy) is 1. The van der Waals surface area contributed by atoms with Crippen LogP contribution in [0.1, 0.15) is 16.8 Å². The molecule has 0 aliphatic carbocycles. The first-order valence-electron chi connectivity index (χ1n) is 7.54. The van der Waals surface area contributed by atoms with Crippen LogP contribution in [0.25, 0.3) is 11.0 Å². The summed E-state index contributed by atoms with van der Waals surface area (Å²) in [6.07, 6.45) is 0.330. The Balaban J connectivity index is 1.62. The van der Waals surface area contributed by atoms with Crippen LogP contribution in [0.5, 0.6) is 0 Å². The summed E-state index contributed by atoms with van der Waals surface area (Å²) in [5, 5.41) is 3.04. The summed E-state index contributed by atoms with van der Waals surface area (Å²) in [6, 6.07) is 7.53. The lowest BCUT2D eigenvalue weighted by atomic mass is 10.2. The number of hydrogen-bond acceptors (Lipinski definition) is 7. The molecule has 1 aliphatic rings. The van der Waals surface area contributed by atoms with Gasteiger partial charge in [0.05, 0.1) is 11.5 Å². The second kappa shape index (κ2) is 6.67. The zero-order chi connectivity index (χ0) is 18.0. The summed E-state index contributed by atoms with van der Waals surface area (Å²) in [7, 11) is -3.12. The molecular formula is C16H15NO7S. The van der Waals surface area contributed by atoms with E-state index in [2.05, 4.69) is 5.32 Å². The second-order valence-electron chi connectivity index (χ2n) is 5.73. The van der Waals surface area contributed by atoms with Gasteiger partial charge in [-0.1, -0.05) is 18.2 Å². The van der Waals surface area contributed by atoms with Gasteiger partial charge in [-0.15, -0.1) is 0 Å². The highest BCUT2D eigenvalue weighted by Crippen LogP contribution is 2.13. The fourth-order valence-corrected chi connectivity index (χ4v) is 4.26. The molecule has 1 fully saturated rings. The first-order chi connectivity index (χ1) is 11.8. The van der Waals surface area contributed by atoms with Crippen LogP contribution in [-0.4, -0.2) is 44.4 Å². The molecule has 3 rings (SSSR count). The predicted molar refractivity (Wildman–Crippen MR) is 88.0 cm³/mol. The van der Waals surface area contributed by atoms with Crippen LogP contribution in [-0.2, 0) is 19.4 Å². The molecule has 132 valence electrons. The fourth-order valence-electron chi connectivity index (χ4n) is 2.59. The van der Waals surface area contributed by atoms with E-state index in [-0.39, 0.29) is 17.1 Å². The third-order valence-corrected chi connectivity index (χ3v) is 5.56. The molecule has 0 bridgehead atoms. The van der Waals surface area contributed by atoms with Gasteiger partial charge in [0.15, 0.2) is 16.4 Å². The van der Waals surface area contributed by atoms with Crippen molar-refractivity contribution < 1.29 is 27.2 Å². The molecule has 1 aromatic carbocycles. The normalized spacial score (nSPS) is 18.8. The van der Waals surface area contributed by atoms with Gasteiger partial charge in [-0.05, 0) is 18.6 Å². The monoisotopic (exact) mass is 365 g/mol. The standard InChI is InChI=1S/C16H15NO7S/c18-14(17-11-5-6-25(21,22)9-11)8-23-15(19)12-7-10-3-1-2-4-13(10)24-16(12)20/h1-4,7,11H,5-6,8-9H2,(H,17,18)/t11-/m0/s1. The minimum absolute atomic E-state index is 0.0237. The number of fused-ring (bicyclic) bond motifs is 1. The van der Waals surface area contributed by atoms with Crippen LogP contribution < -0.4 is 10.9 Å². The van der Waals surface area contributed by atoms with Gasteiger partial charge in [-0.2, -0.15) is 0 Å². The number of amides is 1. The number of carbonyl (C=O) groups excluding carboxylic acids is 2. The SMILES string of the molecule is O=C(COC(=O)c1cc2ccccc2oc1=O)N[C@H]1CCS(=O)(=O)C1. The smallest absolute Gasteiger partial charge is 0.351 e. The van der Waals surface area contributed by atoms with Crippen molar-refractivity contribution >= 4 is 32.7 Å². The molecular weight excluding hydrogens is 350 g/mol. The van der Waals surface area contributed by atoms with E-state index in [1.54, 1.807) is 24.3 Å². The van der Waals surface area contributed by atoms with E-state index in [9.17, 15) is 22.8 Å². The average molecular weight is 365 g/mol. The molecule has 25 heavy (non-hydrogen) atoms. The minimum atomic E-state index is -3.12. The Morgan fingerprint density at radius 3 is 2.76 bits per heavy atom. The van der Waals surface area contributed by atoms with Crippen molar-refractivity contribution in [3.8, 4) is 0 Å². The van der Waals surface area contributed by atoms with Crippen molar-refractivity contribution in [2.24, 2.45) is 0 Å². The Hall–Kier alpha value is -2.68. The highest BCUT2D eigenvalue weighted by Gasteiger charge is 2.29. The van der Waals surface area contributed by atoms with Gasteiger partial charge in [0.2, 0.25) is 0 Å². The lowest BCUT2D eigenvalue weighted by Gasteiger charge is -2.10. The van der Waals surface area contributed by atoms with Gasteiger partial charge in [-0.3, -0.25) is 4.79 Å². The van der Waals surface area contributed by atoms with Gasteiger partial charge in [0, 0.05) is 11.4 Å². The fraction of sp³-hybridized carbons (Fsp3) is 0.312. The number of hydrogen-bond donors (Lipinski definition) is 1. The Labute approximate surface area is 142 Å². The number of benzene rings is 1. The van der Waals surface area contributed by atoms with Gasteiger partial charge < -0.3 is 14.5 Å². The quantitative estimate of drug-likeness (QED) is 0.609. The largest absolute Gasteiger partial charge is 0.452 e. The van der Waals surface area contributed by atoms with E-state index < -0.39 is 40.0 Å². The van der Waals surface area contributed by atoms with Gasteiger partial charge in [0.1, 0.15) is 11.1 Å². The summed E-state index contributed by atoms with van der Waals surface area (Å²) in [5.41, 5.74) is -0.829. The molecule has 1 N–H and O–H groups in total. The molecule has 0 unspecified atom stereocenters. The summed E-state index contributed by atoms with van der Waals surface area (Å²) >= 11 is 0. The molecule has 0 saturated carbocycles. The molecule has 2 heterocycles. The maximum absolute atomic E-state index is 12.0. The topological polar surface area (TPSA) is 120 Å². The molecule has 1 aliphatic heterocycles. The van der Waals surface area contributed by atoms with E-state index in [1.165, 1.54) is 6.07 Å². The van der Waals surface area contributed by atoms with E-state index in [1.807, 2.05) is 0 Å². The van der Waals surface area contributed by atoms with Gasteiger partial charge in [-0.25, -0.2) is 18.0 Å². The van der Waals surface area contributed by atoms with Crippen molar-refractivity contribution in [1.82, 2.24) is 5.32 Å². The van der Waals surface area contributed by atoms with Crippen LogP contribution >= 0.6 is 0 Å². The Bertz CT molecular complexity index is 993. The molecule has 1 atom stereocenters. The van der Waals surface area contributed by atoms with Gasteiger partial charge in [0.25, 0.3) is 5.91 Å². The lowest BCUT2D eigenvalue weighted by molar-refractivity contribution is -0.124. The molecule has 0 spiro atoms. The number of para-hydroxylation sites is 1. The molecule has 1 aromatic heterocycles. The first-order valence-corrected chi connectivity index (χ1v) is 9.36. The molecule has 2 aromatic rings. The first kappa shape index (κ1) is 17.2. The molecule has 1 saturated heterocycles. The minimum Gasteiger partial charge on any atom is -0.452 e. The van der Waals surface area contributed by atoms with Crippen LogP contribution in [0.2, 0.25) is 0 Å². The van der Waals surface area contributed by atoms with E-state index in [4.69, 9.17) is 9.15 Å². The second-order valence-corrected chi connectivity index (χ2v) is 7.96. The van der Waals surface area contributed by atoms with Crippen LogP contribution in [0.15, 0.2) is 39.5 Å². The summed E-state index contributed by atoms with van der Waals surface area (Å²) < 4.78 is 32.5. The molecule has 0 radical (unpaired) electrons. The van der Waals surface area contributed by atoms with Crippen molar-refractivity contribution in [1.29, 1.82) is 0 Å². The highest BCUT2D eigenvalue weighted by atomic mass is 32.2. The van der Waals surface area contributed by atoms with Crippen molar-refractivity contribution in [3.05, 3.63) is 46.3 Å². The highest BCUT2D eigenvalue weighted by molar-refractivity contribution is 7.91.